The van der Waals surface area contributed by atoms with Crippen molar-refractivity contribution >= 4 is 22.6 Å². The highest BCUT2D eigenvalue weighted by Gasteiger charge is 2.12. The monoisotopic (exact) mass is 330 g/mol. The summed E-state index contributed by atoms with van der Waals surface area (Å²) in [7, 11) is 0. The molecule has 2 aromatic carbocycles. The molecule has 0 unspecified atom stereocenters. The Morgan fingerprint density at radius 3 is 2.70 bits per heavy atom. The first-order valence-corrected chi connectivity index (χ1v) is 8.01. The van der Waals surface area contributed by atoms with Gasteiger partial charge in [-0.05, 0) is 49.2 Å². The van der Waals surface area contributed by atoms with Crippen molar-refractivity contribution in [2.45, 2.75) is 26.5 Å². The van der Waals surface area contributed by atoms with Crippen molar-refractivity contribution in [3.63, 3.8) is 0 Å². The lowest BCUT2D eigenvalue weighted by Crippen LogP contribution is -2.08. The van der Waals surface area contributed by atoms with Crippen LogP contribution in [0.15, 0.2) is 42.5 Å². The summed E-state index contributed by atoms with van der Waals surface area (Å²) in [5.74, 6) is 1.62. The van der Waals surface area contributed by atoms with Gasteiger partial charge in [-0.1, -0.05) is 23.7 Å². The van der Waals surface area contributed by atoms with Gasteiger partial charge in [0, 0.05) is 18.2 Å². The zero-order valence-electron chi connectivity index (χ0n) is 13.0. The Morgan fingerprint density at radius 1 is 1.17 bits per heavy atom. The molecule has 5 heteroatoms. The number of aliphatic hydroxyl groups excluding tert-OH is 1. The number of imidazole rings is 1. The predicted octanol–water partition coefficient (Wildman–Crippen LogP) is 3.96. The van der Waals surface area contributed by atoms with E-state index in [2.05, 4.69) is 23.6 Å². The van der Waals surface area contributed by atoms with Crippen molar-refractivity contribution in [3.05, 3.63) is 58.9 Å². The second kappa shape index (κ2) is 7.02. The minimum absolute atomic E-state index is 0.156. The van der Waals surface area contributed by atoms with Crippen molar-refractivity contribution in [1.82, 2.24) is 9.55 Å². The van der Waals surface area contributed by atoms with Crippen LogP contribution in [0.1, 0.15) is 17.8 Å². The van der Waals surface area contributed by atoms with Crippen molar-refractivity contribution < 1.29 is 9.84 Å². The Labute approximate surface area is 140 Å². The average Bonchev–Trinajstić information content (AvgIpc) is 2.91. The van der Waals surface area contributed by atoms with E-state index in [9.17, 15) is 0 Å². The summed E-state index contributed by atoms with van der Waals surface area (Å²) in [6.07, 6.45) is 0.688. The van der Waals surface area contributed by atoms with E-state index in [1.165, 1.54) is 0 Å². The fraction of sp³-hybridized carbons (Fsp3) is 0.278. The number of nitrogens with zero attached hydrogens (tertiary/aromatic N) is 2. The molecule has 1 N–H and O–H groups in total. The van der Waals surface area contributed by atoms with Crippen molar-refractivity contribution in [1.29, 1.82) is 0 Å². The van der Waals surface area contributed by atoms with Crippen LogP contribution in [0.3, 0.4) is 0 Å². The number of aromatic nitrogens is 2. The molecule has 0 fully saturated rings. The smallest absolute Gasteiger partial charge is 0.148 e. The zero-order chi connectivity index (χ0) is 16.2. The SMILES string of the molecule is Cc1cccc2c1nc(COc1ccc(Cl)cc1)n2CCCO. The van der Waals surface area contributed by atoms with Gasteiger partial charge < -0.3 is 14.4 Å². The summed E-state index contributed by atoms with van der Waals surface area (Å²) in [4.78, 5) is 4.73. The Balaban J connectivity index is 1.89. The summed E-state index contributed by atoms with van der Waals surface area (Å²) >= 11 is 5.89. The van der Waals surface area contributed by atoms with Crippen LogP contribution in [0.25, 0.3) is 11.0 Å². The van der Waals surface area contributed by atoms with Crippen LogP contribution >= 0.6 is 11.6 Å². The van der Waals surface area contributed by atoms with E-state index in [0.29, 0.717) is 18.1 Å². The van der Waals surface area contributed by atoms with Gasteiger partial charge in [0.2, 0.25) is 0 Å². The van der Waals surface area contributed by atoms with Crippen molar-refractivity contribution in [2.75, 3.05) is 6.61 Å². The Morgan fingerprint density at radius 2 is 1.96 bits per heavy atom. The third-order valence-corrected chi connectivity index (χ3v) is 4.03. The normalized spacial score (nSPS) is 11.1. The highest BCUT2D eigenvalue weighted by Crippen LogP contribution is 2.22. The first kappa shape index (κ1) is 15.8. The van der Waals surface area contributed by atoms with Crippen LogP contribution < -0.4 is 4.74 Å². The molecule has 3 aromatic rings. The fourth-order valence-electron chi connectivity index (χ4n) is 2.60. The summed E-state index contributed by atoms with van der Waals surface area (Å²) in [6, 6.07) is 13.4. The molecule has 23 heavy (non-hydrogen) atoms. The molecule has 0 radical (unpaired) electrons. The van der Waals surface area contributed by atoms with E-state index in [-0.39, 0.29) is 6.61 Å². The van der Waals surface area contributed by atoms with Crippen molar-refractivity contribution in [3.8, 4) is 5.75 Å². The predicted molar refractivity (Wildman–Crippen MR) is 92.0 cm³/mol. The van der Waals surface area contributed by atoms with E-state index in [4.69, 9.17) is 26.4 Å². The molecule has 120 valence electrons. The number of rotatable bonds is 6. The lowest BCUT2D eigenvalue weighted by Gasteiger charge is -2.10. The molecule has 1 aromatic heterocycles. The maximum absolute atomic E-state index is 9.14. The number of para-hydroxylation sites is 1. The summed E-state index contributed by atoms with van der Waals surface area (Å²) in [5.41, 5.74) is 3.20. The van der Waals surface area contributed by atoms with E-state index < -0.39 is 0 Å². The molecular formula is C18H19ClN2O2. The molecule has 0 bridgehead atoms. The van der Waals surface area contributed by atoms with Gasteiger partial charge in [-0.2, -0.15) is 0 Å². The second-order valence-corrected chi connectivity index (χ2v) is 5.88. The largest absolute Gasteiger partial charge is 0.486 e. The van der Waals surface area contributed by atoms with E-state index in [0.717, 1.165) is 34.7 Å². The molecule has 0 aliphatic rings. The van der Waals surface area contributed by atoms with Crippen LogP contribution in [-0.2, 0) is 13.2 Å². The third-order valence-electron chi connectivity index (χ3n) is 3.78. The lowest BCUT2D eigenvalue weighted by molar-refractivity contribution is 0.269. The number of fused-ring (bicyclic) bond motifs is 1. The topological polar surface area (TPSA) is 47.3 Å². The Hall–Kier alpha value is -2.04. The quantitative estimate of drug-likeness (QED) is 0.744. The Kier molecular flexibility index (Phi) is 4.84. The maximum Gasteiger partial charge on any atom is 0.148 e. The average molecular weight is 331 g/mol. The van der Waals surface area contributed by atoms with Gasteiger partial charge >= 0.3 is 0 Å². The second-order valence-electron chi connectivity index (χ2n) is 5.44. The van der Waals surface area contributed by atoms with Crippen LogP contribution in [0.2, 0.25) is 5.02 Å². The first-order chi connectivity index (χ1) is 11.2. The van der Waals surface area contributed by atoms with Gasteiger partial charge in [-0.25, -0.2) is 4.98 Å². The maximum atomic E-state index is 9.14. The van der Waals surface area contributed by atoms with Crippen molar-refractivity contribution in [2.24, 2.45) is 0 Å². The highest BCUT2D eigenvalue weighted by molar-refractivity contribution is 6.30. The van der Waals surface area contributed by atoms with Crippen LogP contribution in [-0.4, -0.2) is 21.3 Å². The van der Waals surface area contributed by atoms with Gasteiger partial charge in [0.1, 0.15) is 18.2 Å². The minimum Gasteiger partial charge on any atom is -0.486 e. The first-order valence-electron chi connectivity index (χ1n) is 7.63. The molecule has 3 rings (SSSR count). The number of aliphatic hydroxyl groups is 1. The van der Waals surface area contributed by atoms with E-state index in [1.807, 2.05) is 18.2 Å². The van der Waals surface area contributed by atoms with E-state index >= 15 is 0 Å². The number of hydrogen-bond acceptors (Lipinski definition) is 3. The number of hydrogen-bond donors (Lipinski definition) is 1. The molecule has 4 nitrogen and oxygen atoms in total. The molecular weight excluding hydrogens is 312 g/mol. The van der Waals surface area contributed by atoms with E-state index in [1.54, 1.807) is 12.1 Å². The third kappa shape index (κ3) is 3.49. The lowest BCUT2D eigenvalue weighted by atomic mass is 10.2. The summed E-state index contributed by atoms with van der Waals surface area (Å²) < 4.78 is 7.95. The number of halogens is 1. The number of aryl methyl sites for hydroxylation is 2. The zero-order valence-corrected chi connectivity index (χ0v) is 13.8. The number of ether oxygens (including phenoxy) is 1. The van der Waals surface area contributed by atoms with Gasteiger partial charge in [-0.15, -0.1) is 0 Å². The van der Waals surface area contributed by atoms with Gasteiger partial charge in [0.25, 0.3) is 0 Å². The summed E-state index contributed by atoms with van der Waals surface area (Å²) in [5, 5.41) is 9.82. The molecule has 0 aliphatic heterocycles. The van der Waals surface area contributed by atoms with Gasteiger partial charge in [0.15, 0.2) is 0 Å². The Bertz CT molecular complexity index is 797. The highest BCUT2D eigenvalue weighted by atomic mass is 35.5. The van der Waals surface area contributed by atoms with Crippen LogP contribution in [0.4, 0.5) is 0 Å². The van der Waals surface area contributed by atoms with Crippen LogP contribution in [0.5, 0.6) is 5.75 Å². The molecule has 0 amide bonds. The molecule has 0 aliphatic carbocycles. The van der Waals surface area contributed by atoms with Gasteiger partial charge in [-0.3, -0.25) is 0 Å². The molecule has 0 saturated heterocycles. The number of benzene rings is 2. The molecule has 0 saturated carbocycles. The summed E-state index contributed by atoms with van der Waals surface area (Å²) in [6.45, 7) is 3.30. The standard InChI is InChI=1S/C18H19ClN2O2/c1-13-4-2-5-16-18(13)20-17(21(16)10-3-11-22)12-23-15-8-6-14(19)7-9-15/h2,4-9,22H,3,10-12H2,1H3. The van der Waals surface area contributed by atoms with Crippen LogP contribution in [0, 0.1) is 6.92 Å². The molecule has 0 spiro atoms. The molecule has 0 atom stereocenters. The van der Waals surface area contributed by atoms with Gasteiger partial charge in [0.05, 0.1) is 11.0 Å². The fourth-order valence-corrected chi connectivity index (χ4v) is 2.73. The minimum atomic E-state index is 0.156. The molecule has 1 heterocycles.